The molecule has 0 saturated carbocycles. The third kappa shape index (κ3) is 8.27. The molecule has 3 atom stereocenters. The Labute approximate surface area is 166 Å². The van der Waals surface area contributed by atoms with Gasteiger partial charge in [-0.2, -0.15) is 0 Å². The van der Waals surface area contributed by atoms with Crippen LogP contribution in [0.4, 0.5) is 0 Å². The van der Waals surface area contributed by atoms with Crippen molar-refractivity contribution in [2.75, 3.05) is 19.6 Å². The van der Waals surface area contributed by atoms with Gasteiger partial charge in [0.1, 0.15) is 11.9 Å². The number of hydrogen-bond acceptors (Lipinski definition) is 5. The summed E-state index contributed by atoms with van der Waals surface area (Å²) in [6.45, 7) is 18.3. The maximum absolute atomic E-state index is 6.31. The van der Waals surface area contributed by atoms with E-state index in [0.29, 0.717) is 18.9 Å². The molecule has 0 amide bonds. The standard InChI is InChI=1S/C21H37BN3O2/c1-8-20(11-10-19-12-15(3)22-27-17(19)5)26-16(4)13-24-14-21(7,23)18(6)25-9-2/h8,10-11,15-16,24-25H,6,9,12-14,23H2,1-5,7H3/b11-10-,20-8-. The van der Waals surface area contributed by atoms with Crippen LogP contribution < -0.4 is 16.4 Å². The molecule has 1 heterocycles. The Kier molecular flexibility index (Phi) is 9.74. The van der Waals surface area contributed by atoms with E-state index in [1.807, 2.05) is 54.3 Å². The minimum Gasteiger partial charge on any atom is -0.566 e. The van der Waals surface area contributed by atoms with Crippen molar-refractivity contribution in [3.05, 3.63) is 47.6 Å². The van der Waals surface area contributed by atoms with Crippen molar-refractivity contribution in [1.82, 2.24) is 10.6 Å². The summed E-state index contributed by atoms with van der Waals surface area (Å²) >= 11 is 0. The summed E-state index contributed by atoms with van der Waals surface area (Å²) < 4.78 is 11.6. The average Bonchev–Trinajstić information content (AvgIpc) is 2.61. The number of nitrogens with one attached hydrogen (secondary N) is 2. The molecule has 0 bridgehead atoms. The van der Waals surface area contributed by atoms with Gasteiger partial charge in [-0.15, -0.1) is 0 Å². The molecular formula is C21H37BN3O2. The van der Waals surface area contributed by atoms with Gasteiger partial charge >= 0.3 is 7.48 Å². The van der Waals surface area contributed by atoms with E-state index >= 15 is 0 Å². The Bertz CT molecular complexity index is 582. The van der Waals surface area contributed by atoms with Gasteiger partial charge < -0.3 is 25.8 Å². The topological polar surface area (TPSA) is 68.5 Å². The van der Waals surface area contributed by atoms with Gasteiger partial charge in [-0.1, -0.05) is 19.6 Å². The highest BCUT2D eigenvalue weighted by atomic mass is 16.5. The molecule has 0 saturated heterocycles. The highest BCUT2D eigenvalue weighted by molar-refractivity contribution is 6.30. The summed E-state index contributed by atoms with van der Waals surface area (Å²) in [7, 11) is 1.89. The zero-order valence-corrected chi connectivity index (χ0v) is 17.9. The van der Waals surface area contributed by atoms with Gasteiger partial charge in [-0.05, 0) is 64.6 Å². The van der Waals surface area contributed by atoms with Gasteiger partial charge in [-0.3, -0.25) is 0 Å². The Hall–Kier alpha value is -1.66. The van der Waals surface area contributed by atoms with E-state index in [2.05, 4.69) is 30.2 Å². The first kappa shape index (κ1) is 23.4. The molecule has 1 aliphatic heterocycles. The quantitative estimate of drug-likeness (QED) is 0.294. The van der Waals surface area contributed by atoms with Crippen molar-refractivity contribution in [3.63, 3.8) is 0 Å². The van der Waals surface area contributed by atoms with E-state index in [1.165, 1.54) is 5.57 Å². The SMILES string of the molecule is C=C(NCC)C(C)(N)CNCC(C)OC(/C=C\C1=C(C)O[B]C(C)C1)=C\C. The van der Waals surface area contributed by atoms with Gasteiger partial charge in [0, 0.05) is 25.3 Å². The minimum atomic E-state index is -0.502. The molecule has 151 valence electrons. The second kappa shape index (κ2) is 11.2. The molecule has 27 heavy (non-hydrogen) atoms. The summed E-state index contributed by atoms with van der Waals surface area (Å²) in [5.74, 6) is 2.23. The second-order valence-corrected chi connectivity index (χ2v) is 7.53. The molecule has 1 aliphatic rings. The molecule has 0 aromatic rings. The molecule has 0 aromatic carbocycles. The third-order valence-corrected chi connectivity index (χ3v) is 4.55. The molecule has 5 nitrogen and oxygen atoms in total. The average molecular weight is 374 g/mol. The second-order valence-electron chi connectivity index (χ2n) is 7.53. The van der Waals surface area contributed by atoms with E-state index in [0.717, 1.165) is 30.2 Å². The van der Waals surface area contributed by atoms with Crippen LogP contribution in [0.15, 0.2) is 47.6 Å². The van der Waals surface area contributed by atoms with E-state index in [-0.39, 0.29) is 6.10 Å². The van der Waals surface area contributed by atoms with Crippen molar-refractivity contribution in [1.29, 1.82) is 0 Å². The number of hydrogen-bond donors (Lipinski definition) is 3. The highest BCUT2D eigenvalue weighted by Gasteiger charge is 2.22. The largest absolute Gasteiger partial charge is 0.566 e. The van der Waals surface area contributed by atoms with E-state index in [4.69, 9.17) is 15.1 Å². The molecule has 0 aromatic heterocycles. The van der Waals surface area contributed by atoms with Gasteiger partial charge in [0.05, 0.1) is 11.3 Å². The molecule has 6 heteroatoms. The first-order valence-corrected chi connectivity index (χ1v) is 9.83. The third-order valence-electron chi connectivity index (χ3n) is 4.55. The fraction of sp³-hybridized carbons (Fsp3) is 0.619. The number of rotatable bonds is 11. The van der Waals surface area contributed by atoms with Gasteiger partial charge in [0.2, 0.25) is 0 Å². The summed E-state index contributed by atoms with van der Waals surface area (Å²) in [5, 5.41) is 6.57. The molecule has 1 rings (SSSR count). The van der Waals surface area contributed by atoms with Gasteiger partial charge in [0.15, 0.2) is 0 Å². The van der Waals surface area contributed by atoms with Crippen LogP contribution in [0.2, 0.25) is 5.82 Å². The predicted octanol–water partition coefficient (Wildman–Crippen LogP) is 3.40. The van der Waals surface area contributed by atoms with Crippen molar-refractivity contribution in [2.45, 2.75) is 65.4 Å². The Balaban J connectivity index is 2.49. The van der Waals surface area contributed by atoms with E-state index in [1.54, 1.807) is 0 Å². The summed E-state index contributed by atoms with van der Waals surface area (Å²) in [6.07, 6.45) is 7.08. The fourth-order valence-corrected chi connectivity index (χ4v) is 2.74. The van der Waals surface area contributed by atoms with Crippen molar-refractivity contribution in [3.8, 4) is 0 Å². The maximum Gasteiger partial charge on any atom is 0.372 e. The molecule has 0 fully saturated rings. The van der Waals surface area contributed by atoms with Crippen molar-refractivity contribution >= 4 is 7.48 Å². The predicted molar refractivity (Wildman–Crippen MR) is 115 cm³/mol. The molecule has 0 aliphatic carbocycles. The van der Waals surface area contributed by atoms with Crippen LogP contribution in [-0.4, -0.2) is 38.8 Å². The zero-order chi connectivity index (χ0) is 20.4. The van der Waals surface area contributed by atoms with Crippen LogP contribution in [0.5, 0.6) is 0 Å². The molecule has 3 unspecified atom stereocenters. The van der Waals surface area contributed by atoms with Gasteiger partial charge in [-0.25, -0.2) is 0 Å². The molecular weight excluding hydrogens is 337 g/mol. The van der Waals surface area contributed by atoms with Crippen LogP contribution in [0.25, 0.3) is 0 Å². The fourth-order valence-electron chi connectivity index (χ4n) is 2.74. The van der Waals surface area contributed by atoms with E-state index < -0.39 is 5.54 Å². The lowest BCUT2D eigenvalue weighted by Gasteiger charge is -2.29. The Morgan fingerprint density at radius 2 is 2.26 bits per heavy atom. The van der Waals surface area contributed by atoms with E-state index in [9.17, 15) is 0 Å². The molecule has 4 N–H and O–H groups in total. The van der Waals surface area contributed by atoms with Gasteiger partial charge in [0.25, 0.3) is 0 Å². The summed E-state index contributed by atoms with van der Waals surface area (Å²) in [5.41, 5.74) is 7.85. The summed E-state index contributed by atoms with van der Waals surface area (Å²) in [4.78, 5) is 0. The Morgan fingerprint density at radius 1 is 1.56 bits per heavy atom. The lowest BCUT2D eigenvalue weighted by Crippen LogP contribution is -2.51. The van der Waals surface area contributed by atoms with Crippen molar-refractivity contribution < 1.29 is 9.39 Å². The zero-order valence-electron chi connectivity index (χ0n) is 17.9. The number of allylic oxidation sites excluding steroid dienone is 5. The molecule has 0 spiro atoms. The van der Waals surface area contributed by atoms with Crippen LogP contribution >= 0.6 is 0 Å². The molecule has 1 radical (unpaired) electrons. The lowest BCUT2D eigenvalue weighted by atomic mass is 9.75. The first-order valence-electron chi connectivity index (χ1n) is 9.83. The smallest absolute Gasteiger partial charge is 0.372 e. The number of ether oxygens (including phenoxy) is 1. The van der Waals surface area contributed by atoms with Crippen LogP contribution in [0.3, 0.4) is 0 Å². The first-order chi connectivity index (χ1) is 12.7. The van der Waals surface area contributed by atoms with Crippen LogP contribution in [0.1, 0.15) is 48.0 Å². The normalized spacial score (nSPS) is 21.3. The Morgan fingerprint density at radius 3 is 2.89 bits per heavy atom. The van der Waals surface area contributed by atoms with Crippen LogP contribution in [0, 0.1) is 0 Å². The van der Waals surface area contributed by atoms with Crippen molar-refractivity contribution in [2.24, 2.45) is 5.73 Å². The number of likely N-dealkylation sites (N-methyl/N-ethyl adjacent to an activating group) is 1. The monoisotopic (exact) mass is 374 g/mol. The highest BCUT2D eigenvalue weighted by Crippen LogP contribution is 2.26. The summed E-state index contributed by atoms with van der Waals surface area (Å²) in [6, 6.07) is 0. The number of nitrogens with two attached hydrogens (primary N) is 1. The maximum atomic E-state index is 6.31. The van der Waals surface area contributed by atoms with Crippen LogP contribution in [-0.2, 0) is 9.39 Å². The lowest BCUT2D eigenvalue weighted by molar-refractivity contribution is 0.138. The minimum absolute atomic E-state index is 0.0222.